The minimum atomic E-state index is -0.789. The molecule has 2 amide bonds. The molecule has 20 heavy (non-hydrogen) atoms. The fourth-order valence-electron chi connectivity index (χ4n) is 2.05. The molecule has 2 N–H and O–H groups in total. The van der Waals surface area contributed by atoms with Crippen molar-refractivity contribution in [2.75, 3.05) is 18.9 Å². The van der Waals surface area contributed by atoms with E-state index in [9.17, 15) is 14.7 Å². The number of aliphatic carboxylic acids is 1. The van der Waals surface area contributed by atoms with Gasteiger partial charge in [-0.05, 0) is 30.5 Å². The van der Waals surface area contributed by atoms with Crippen LogP contribution in [0.2, 0.25) is 0 Å². The zero-order chi connectivity index (χ0) is 14.8. The van der Waals surface area contributed by atoms with Crippen LogP contribution < -0.4 is 5.32 Å². The topological polar surface area (TPSA) is 69.6 Å². The summed E-state index contributed by atoms with van der Waals surface area (Å²) in [5, 5.41) is 11.9. The molecule has 0 saturated heterocycles. The molecular formula is C15H16N2O3. The van der Waals surface area contributed by atoms with Gasteiger partial charge < -0.3 is 15.3 Å². The molecule has 1 fully saturated rings. The van der Waals surface area contributed by atoms with Gasteiger partial charge in [-0.15, -0.1) is 6.42 Å². The van der Waals surface area contributed by atoms with Gasteiger partial charge in [0, 0.05) is 12.7 Å². The number of hydrogen-bond donors (Lipinski definition) is 2. The third-order valence-corrected chi connectivity index (χ3v) is 3.52. The minimum absolute atomic E-state index is 0.228. The van der Waals surface area contributed by atoms with Crippen LogP contribution in [0, 0.1) is 12.3 Å². The van der Waals surface area contributed by atoms with Gasteiger partial charge in [-0.3, -0.25) is 4.79 Å². The van der Waals surface area contributed by atoms with Gasteiger partial charge in [0.2, 0.25) is 0 Å². The Morgan fingerprint density at radius 2 is 2.00 bits per heavy atom. The van der Waals surface area contributed by atoms with Crippen LogP contribution in [0.3, 0.4) is 0 Å². The number of nitrogens with one attached hydrogen (secondary N) is 1. The summed E-state index contributed by atoms with van der Waals surface area (Å²) in [7, 11) is 1.60. The molecule has 0 atom stereocenters. The maximum atomic E-state index is 11.7. The molecule has 0 spiro atoms. The molecule has 5 heteroatoms. The number of carbonyl (C=O) groups excluding carboxylic acids is 1. The van der Waals surface area contributed by atoms with Crippen molar-refractivity contribution in [3.63, 3.8) is 0 Å². The Morgan fingerprint density at radius 1 is 1.40 bits per heavy atom. The number of terminal acetylenes is 1. The number of anilines is 1. The van der Waals surface area contributed by atoms with E-state index in [-0.39, 0.29) is 12.6 Å². The molecular weight excluding hydrogens is 256 g/mol. The van der Waals surface area contributed by atoms with E-state index in [1.807, 2.05) is 0 Å². The molecule has 0 aliphatic heterocycles. The summed E-state index contributed by atoms with van der Waals surface area (Å²) in [5.74, 6) is 1.59. The van der Waals surface area contributed by atoms with Gasteiger partial charge in [0.25, 0.3) is 0 Å². The average Bonchev–Trinajstić information content (AvgIpc) is 3.21. The van der Waals surface area contributed by atoms with Crippen LogP contribution in [-0.4, -0.2) is 35.6 Å². The number of urea groups is 1. The molecule has 104 valence electrons. The molecule has 5 nitrogen and oxygen atoms in total. The lowest BCUT2D eigenvalue weighted by molar-refractivity contribution is -0.140. The van der Waals surface area contributed by atoms with E-state index in [1.165, 1.54) is 4.90 Å². The highest BCUT2D eigenvalue weighted by atomic mass is 16.4. The van der Waals surface area contributed by atoms with Gasteiger partial charge in [-0.1, -0.05) is 18.1 Å². The molecule has 1 aliphatic carbocycles. The van der Waals surface area contributed by atoms with Crippen molar-refractivity contribution in [3.05, 3.63) is 29.8 Å². The molecule has 0 radical (unpaired) electrons. The molecule has 0 aromatic heterocycles. The van der Waals surface area contributed by atoms with Gasteiger partial charge in [-0.2, -0.15) is 0 Å². The van der Waals surface area contributed by atoms with Crippen molar-refractivity contribution in [1.82, 2.24) is 4.90 Å². The number of rotatable bonds is 4. The highest BCUT2D eigenvalue weighted by Gasteiger charge is 2.51. The molecule has 0 bridgehead atoms. The monoisotopic (exact) mass is 272 g/mol. The van der Waals surface area contributed by atoms with Crippen LogP contribution in [0.4, 0.5) is 10.5 Å². The van der Waals surface area contributed by atoms with Crippen molar-refractivity contribution < 1.29 is 14.7 Å². The van der Waals surface area contributed by atoms with Crippen LogP contribution in [-0.2, 0) is 10.2 Å². The summed E-state index contributed by atoms with van der Waals surface area (Å²) in [4.78, 5) is 24.3. The Morgan fingerprint density at radius 3 is 2.45 bits per heavy atom. The van der Waals surface area contributed by atoms with Crippen LogP contribution in [0.5, 0.6) is 0 Å². The van der Waals surface area contributed by atoms with Crippen LogP contribution in [0.1, 0.15) is 18.4 Å². The first-order chi connectivity index (χ1) is 9.49. The van der Waals surface area contributed by atoms with E-state index in [1.54, 1.807) is 31.3 Å². The summed E-state index contributed by atoms with van der Waals surface area (Å²) >= 11 is 0. The Balaban J connectivity index is 2.05. The summed E-state index contributed by atoms with van der Waals surface area (Å²) in [6.07, 6.45) is 6.47. The van der Waals surface area contributed by atoms with Gasteiger partial charge in [0.1, 0.15) is 0 Å². The second kappa shape index (κ2) is 5.25. The SMILES string of the molecule is C#CCN(C)C(=O)Nc1ccc(C2(C(=O)O)CC2)cc1. The van der Waals surface area contributed by atoms with Crippen LogP contribution >= 0.6 is 0 Å². The number of nitrogens with zero attached hydrogens (tertiary/aromatic N) is 1. The lowest BCUT2D eigenvalue weighted by Crippen LogP contribution is -2.31. The van der Waals surface area contributed by atoms with Crippen LogP contribution in [0.25, 0.3) is 0 Å². The smallest absolute Gasteiger partial charge is 0.322 e. The maximum absolute atomic E-state index is 11.7. The number of carboxylic acids is 1. The molecule has 0 heterocycles. The molecule has 0 unspecified atom stereocenters. The Labute approximate surface area is 117 Å². The van der Waals surface area contributed by atoms with Crippen molar-refractivity contribution in [2.45, 2.75) is 18.3 Å². The maximum Gasteiger partial charge on any atom is 0.322 e. The molecule has 1 aliphatic rings. The highest BCUT2D eigenvalue weighted by molar-refractivity contribution is 5.90. The molecule has 2 rings (SSSR count). The van der Waals surface area contributed by atoms with Gasteiger partial charge in [0.05, 0.1) is 12.0 Å². The van der Waals surface area contributed by atoms with E-state index in [0.717, 1.165) is 5.56 Å². The van der Waals surface area contributed by atoms with Gasteiger partial charge >= 0.3 is 12.0 Å². The standard InChI is InChI=1S/C15H16N2O3/c1-3-10-17(2)14(20)16-12-6-4-11(5-7-12)15(8-9-15)13(18)19/h1,4-7H,8-10H2,2H3,(H,16,20)(H,18,19). The third-order valence-electron chi connectivity index (χ3n) is 3.52. The molecule has 1 aromatic carbocycles. The van der Waals surface area contributed by atoms with E-state index < -0.39 is 11.4 Å². The van der Waals surface area contributed by atoms with Crippen molar-refractivity contribution in [3.8, 4) is 12.3 Å². The van der Waals surface area contributed by atoms with E-state index in [0.29, 0.717) is 18.5 Å². The number of hydrogen-bond acceptors (Lipinski definition) is 2. The van der Waals surface area contributed by atoms with Gasteiger partial charge in [0.15, 0.2) is 0 Å². The Hall–Kier alpha value is -2.48. The van der Waals surface area contributed by atoms with Crippen molar-refractivity contribution in [1.29, 1.82) is 0 Å². The predicted molar refractivity (Wildman–Crippen MR) is 75.5 cm³/mol. The number of carboxylic acid groups (broad SMARTS) is 1. The first-order valence-corrected chi connectivity index (χ1v) is 6.29. The summed E-state index contributed by atoms with van der Waals surface area (Å²) in [6.45, 7) is 0.228. The summed E-state index contributed by atoms with van der Waals surface area (Å²) in [5.41, 5.74) is 0.673. The largest absolute Gasteiger partial charge is 0.481 e. The lowest BCUT2D eigenvalue weighted by atomic mass is 9.96. The Kier molecular flexibility index (Phi) is 3.66. The highest BCUT2D eigenvalue weighted by Crippen LogP contribution is 2.48. The molecule has 1 aromatic rings. The van der Waals surface area contributed by atoms with E-state index in [2.05, 4.69) is 11.2 Å². The number of amides is 2. The fraction of sp³-hybridized carbons (Fsp3) is 0.333. The Bertz CT molecular complexity index is 568. The normalized spacial score (nSPS) is 15.0. The van der Waals surface area contributed by atoms with E-state index >= 15 is 0 Å². The third kappa shape index (κ3) is 2.59. The fourth-order valence-corrected chi connectivity index (χ4v) is 2.05. The minimum Gasteiger partial charge on any atom is -0.481 e. The quantitative estimate of drug-likeness (QED) is 0.822. The second-order valence-corrected chi connectivity index (χ2v) is 4.95. The van der Waals surface area contributed by atoms with E-state index in [4.69, 9.17) is 6.42 Å². The first-order valence-electron chi connectivity index (χ1n) is 6.29. The lowest BCUT2D eigenvalue weighted by Gasteiger charge is -2.16. The first kappa shape index (κ1) is 13.9. The second-order valence-electron chi connectivity index (χ2n) is 4.95. The number of benzene rings is 1. The average molecular weight is 272 g/mol. The summed E-state index contributed by atoms with van der Waals surface area (Å²) in [6, 6.07) is 6.62. The zero-order valence-electron chi connectivity index (χ0n) is 11.2. The zero-order valence-corrected chi connectivity index (χ0v) is 11.2. The van der Waals surface area contributed by atoms with Gasteiger partial charge in [-0.25, -0.2) is 4.79 Å². The van der Waals surface area contributed by atoms with Crippen molar-refractivity contribution in [2.24, 2.45) is 0 Å². The van der Waals surface area contributed by atoms with Crippen molar-refractivity contribution >= 4 is 17.7 Å². The number of carbonyl (C=O) groups is 2. The van der Waals surface area contributed by atoms with Crippen LogP contribution in [0.15, 0.2) is 24.3 Å². The molecule has 1 saturated carbocycles. The summed E-state index contributed by atoms with van der Waals surface area (Å²) < 4.78 is 0. The predicted octanol–water partition coefficient (Wildman–Crippen LogP) is 1.90.